The molecule has 0 saturated heterocycles. The molecule has 0 heterocycles. The number of para-hydroxylation sites is 2. The molecule has 6 nitrogen and oxygen atoms in total. The first-order chi connectivity index (χ1) is 21.7. The van der Waals surface area contributed by atoms with E-state index in [0.29, 0.717) is 11.5 Å². The van der Waals surface area contributed by atoms with E-state index in [2.05, 4.69) is 73.4 Å². The van der Waals surface area contributed by atoms with Crippen molar-refractivity contribution in [2.45, 2.75) is 52.4 Å². The minimum Gasteiger partial charge on any atom is -0.483 e. The van der Waals surface area contributed by atoms with E-state index in [-0.39, 0.29) is 48.9 Å². The molecule has 0 fully saturated rings. The lowest BCUT2D eigenvalue weighted by Crippen LogP contribution is -2.44. The number of ether oxygens (including phenoxy) is 2. The molecule has 242 valence electrons. The predicted octanol–water partition coefficient (Wildman–Crippen LogP) is 9.33. The standard InChI is InChI=1S/C38H42Br2N2O4/c1-37(2,3)27-17-19-33(31(39)23-27)45-25-35(43)41(29-13-9-7-10-14-29)21-22-42(30-15-11-8-12-16-30)36(44)26-46-34-20-18-28(24-32(34)40)38(4,5)6/h7-20,23-24H,21-22,25-26H2,1-6H3. The average Bonchev–Trinajstić information content (AvgIpc) is 3.01. The van der Waals surface area contributed by atoms with E-state index >= 15 is 0 Å². The number of benzene rings is 4. The van der Waals surface area contributed by atoms with Crippen molar-refractivity contribution in [3.63, 3.8) is 0 Å². The number of amides is 2. The summed E-state index contributed by atoms with van der Waals surface area (Å²) in [5.41, 5.74) is 3.74. The zero-order valence-electron chi connectivity index (χ0n) is 27.3. The molecule has 2 amide bonds. The quantitative estimate of drug-likeness (QED) is 0.153. The van der Waals surface area contributed by atoms with Crippen LogP contribution in [-0.2, 0) is 20.4 Å². The van der Waals surface area contributed by atoms with E-state index in [9.17, 15) is 9.59 Å². The van der Waals surface area contributed by atoms with Crippen molar-refractivity contribution >= 4 is 55.0 Å². The zero-order chi connectivity index (χ0) is 33.5. The van der Waals surface area contributed by atoms with Crippen LogP contribution in [-0.4, -0.2) is 38.1 Å². The fourth-order valence-corrected chi connectivity index (χ4v) is 5.80. The molecule has 0 bridgehead atoms. The molecule has 0 aromatic heterocycles. The monoisotopic (exact) mass is 748 g/mol. The Labute approximate surface area is 290 Å². The first kappa shape index (κ1) is 35.2. The normalized spacial score (nSPS) is 11.6. The van der Waals surface area contributed by atoms with Gasteiger partial charge in [0.1, 0.15) is 11.5 Å². The predicted molar refractivity (Wildman–Crippen MR) is 194 cm³/mol. The van der Waals surface area contributed by atoms with Crippen LogP contribution in [0.15, 0.2) is 106 Å². The minimum absolute atomic E-state index is 0.0124. The van der Waals surface area contributed by atoms with Crippen LogP contribution < -0.4 is 19.3 Å². The summed E-state index contributed by atoms with van der Waals surface area (Å²) in [5, 5.41) is 0. The summed E-state index contributed by atoms with van der Waals surface area (Å²) in [6.07, 6.45) is 0. The fraction of sp³-hybridized carbons (Fsp3) is 0.316. The van der Waals surface area contributed by atoms with Crippen molar-refractivity contribution in [3.8, 4) is 11.5 Å². The van der Waals surface area contributed by atoms with E-state index in [1.165, 1.54) is 0 Å². The SMILES string of the molecule is CC(C)(C)c1ccc(OCC(=O)N(CCN(C(=O)COc2ccc(C(C)(C)C)cc2Br)c2ccccc2)c2ccccc2)c(Br)c1. The van der Waals surface area contributed by atoms with Gasteiger partial charge in [-0.3, -0.25) is 9.59 Å². The summed E-state index contributed by atoms with van der Waals surface area (Å²) in [7, 11) is 0. The molecule has 4 rings (SSSR count). The molecule has 0 N–H and O–H groups in total. The maximum Gasteiger partial charge on any atom is 0.264 e. The molecule has 0 aliphatic rings. The van der Waals surface area contributed by atoms with E-state index < -0.39 is 0 Å². The molecule has 8 heteroatoms. The lowest BCUT2D eigenvalue weighted by molar-refractivity contribution is -0.122. The summed E-state index contributed by atoms with van der Waals surface area (Å²) in [4.78, 5) is 30.7. The Morgan fingerprint density at radius 3 is 1.22 bits per heavy atom. The minimum atomic E-state index is -0.224. The Balaban J connectivity index is 1.50. The first-order valence-electron chi connectivity index (χ1n) is 15.3. The van der Waals surface area contributed by atoms with Crippen molar-refractivity contribution in [2.24, 2.45) is 0 Å². The van der Waals surface area contributed by atoms with Gasteiger partial charge >= 0.3 is 0 Å². The van der Waals surface area contributed by atoms with Gasteiger partial charge in [-0.25, -0.2) is 0 Å². The maximum absolute atomic E-state index is 13.7. The van der Waals surface area contributed by atoms with E-state index in [1.54, 1.807) is 9.80 Å². The second-order valence-electron chi connectivity index (χ2n) is 13.1. The van der Waals surface area contributed by atoms with Crippen LogP contribution in [0.4, 0.5) is 11.4 Å². The molecule has 0 aliphatic carbocycles. The van der Waals surface area contributed by atoms with Crippen LogP contribution in [0.5, 0.6) is 11.5 Å². The molecule has 0 unspecified atom stereocenters. The first-order valence-corrected chi connectivity index (χ1v) is 16.9. The average molecular weight is 751 g/mol. The summed E-state index contributed by atoms with van der Waals surface area (Å²) in [6.45, 7) is 13.1. The second kappa shape index (κ2) is 15.3. The fourth-order valence-electron chi connectivity index (χ4n) is 4.82. The number of carbonyl (C=O) groups is 2. The summed E-state index contributed by atoms with van der Waals surface area (Å²) < 4.78 is 13.6. The highest BCUT2D eigenvalue weighted by Crippen LogP contribution is 2.33. The van der Waals surface area contributed by atoms with Gasteiger partial charge in [-0.1, -0.05) is 90.1 Å². The third-order valence-corrected chi connectivity index (χ3v) is 8.82. The van der Waals surface area contributed by atoms with Crippen LogP contribution in [0.2, 0.25) is 0 Å². The van der Waals surface area contributed by atoms with Crippen LogP contribution in [0.1, 0.15) is 52.7 Å². The van der Waals surface area contributed by atoms with Gasteiger partial charge in [-0.2, -0.15) is 0 Å². The Morgan fingerprint density at radius 1 is 0.565 bits per heavy atom. The smallest absolute Gasteiger partial charge is 0.264 e. The molecule has 0 spiro atoms. The molecule has 0 aliphatic heterocycles. The topological polar surface area (TPSA) is 59.1 Å². The highest BCUT2D eigenvalue weighted by molar-refractivity contribution is 9.10. The van der Waals surface area contributed by atoms with Gasteiger partial charge in [0.05, 0.1) is 8.95 Å². The summed E-state index contributed by atoms with van der Waals surface area (Å²) in [6, 6.07) is 30.7. The lowest BCUT2D eigenvalue weighted by Gasteiger charge is -2.28. The van der Waals surface area contributed by atoms with Crippen molar-refractivity contribution in [2.75, 3.05) is 36.1 Å². The largest absolute Gasteiger partial charge is 0.483 e. The number of nitrogens with zero attached hydrogens (tertiary/aromatic N) is 2. The van der Waals surface area contributed by atoms with Crippen LogP contribution >= 0.6 is 31.9 Å². The number of hydrogen-bond donors (Lipinski definition) is 0. The molecule has 46 heavy (non-hydrogen) atoms. The van der Waals surface area contributed by atoms with E-state index in [4.69, 9.17) is 9.47 Å². The van der Waals surface area contributed by atoms with Crippen LogP contribution in [0.25, 0.3) is 0 Å². The third kappa shape index (κ3) is 9.46. The Hall–Kier alpha value is -3.62. The summed E-state index contributed by atoms with van der Waals surface area (Å²) in [5.74, 6) is 0.735. The second-order valence-corrected chi connectivity index (χ2v) is 14.8. The van der Waals surface area contributed by atoms with Gasteiger partial charge in [-0.05, 0) is 102 Å². The lowest BCUT2D eigenvalue weighted by atomic mass is 9.87. The van der Waals surface area contributed by atoms with Crippen molar-refractivity contribution in [1.29, 1.82) is 0 Å². The number of carbonyl (C=O) groups excluding carboxylic acids is 2. The van der Waals surface area contributed by atoms with Gasteiger partial charge in [0.2, 0.25) is 0 Å². The Kier molecular flexibility index (Phi) is 11.7. The molecule has 0 atom stereocenters. The van der Waals surface area contributed by atoms with E-state index in [0.717, 1.165) is 31.4 Å². The van der Waals surface area contributed by atoms with Crippen LogP contribution in [0, 0.1) is 0 Å². The number of anilines is 2. The summed E-state index contributed by atoms with van der Waals surface area (Å²) >= 11 is 7.20. The van der Waals surface area contributed by atoms with Crippen molar-refractivity contribution in [3.05, 3.63) is 117 Å². The van der Waals surface area contributed by atoms with Gasteiger partial charge in [0, 0.05) is 24.5 Å². The molecule has 0 saturated carbocycles. The van der Waals surface area contributed by atoms with E-state index in [1.807, 2.05) is 97.1 Å². The number of hydrogen-bond acceptors (Lipinski definition) is 4. The highest BCUT2D eigenvalue weighted by Gasteiger charge is 2.23. The molecule has 4 aromatic rings. The number of halogens is 2. The number of rotatable bonds is 11. The Bertz CT molecular complexity index is 1510. The third-order valence-electron chi connectivity index (χ3n) is 7.58. The maximum atomic E-state index is 13.7. The zero-order valence-corrected chi connectivity index (χ0v) is 30.5. The molecular weight excluding hydrogens is 708 g/mol. The molecule has 0 radical (unpaired) electrons. The van der Waals surface area contributed by atoms with Gasteiger partial charge in [-0.15, -0.1) is 0 Å². The highest BCUT2D eigenvalue weighted by atomic mass is 79.9. The van der Waals surface area contributed by atoms with Crippen molar-refractivity contribution in [1.82, 2.24) is 0 Å². The van der Waals surface area contributed by atoms with Gasteiger partial charge in [0.15, 0.2) is 13.2 Å². The van der Waals surface area contributed by atoms with Crippen LogP contribution in [0.3, 0.4) is 0 Å². The Morgan fingerprint density at radius 2 is 0.913 bits per heavy atom. The van der Waals surface area contributed by atoms with Crippen molar-refractivity contribution < 1.29 is 19.1 Å². The molecular formula is C38H42Br2N2O4. The van der Waals surface area contributed by atoms with Gasteiger partial charge < -0.3 is 19.3 Å². The van der Waals surface area contributed by atoms with Gasteiger partial charge in [0.25, 0.3) is 11.8 Å². The molecule has 4 aromatic carbocycles.